The van der Waals surface area contributed by atoms with Gasteiger partial charge < -0.3 is 15.0 Å². The van der Waals surface area contributed by atoms with E-state index in [0.29, 0.717) is 15.9 Å². The van der Waals surface area contributed by atoms with Crippen LogP contribution in [0.4, 0.5) is 5.69 Å². The van der Waals surface area contributed by atoms with Gasteiger partial charge in [0.1, 0.15) is 18.3 Å². The Morgan fingerprint density at radius 1 is 1.00 bits per heavy atom. The summed E-state index contributed by atoms with van der Waals surface area (Å²) in [4.78, 5) is 27.6. The first kappa shape index (κ1) is 27.2. The number of sulfonamides is 1. The van der Waals surface area contributed by atoms with Crippen LogP contribution in [-0.2, 0) is 26.2 Å². The predicted molar refractivity (Wildman–Crippen MR) is 142 cm³/mol. The lowest BCUT2D eigenvalue weighted by Crippen LogP contribution is -2.50. The number of hydrogen-bond donors (Lipinski definition) is 1. The van der Waals surface area contributed by atoms with Crippen LogP contribution in [0.3, 0.4) is 0 Å². The van der Waals surface area contributed by atoms with E-state index in [0.717, 1.165) is 9.87 Å². The summed E-state index contributed by atoms with van der Waals surface area (Å²) < 4.78 is 34.3. The molecule has 0 radical (unpaired) electrons. The van der Waals surface area contributed by atoms with Crippen LogP contribution in [0.2, 0.25) is 0 Å². The predicted octanol–water partition coefficient (Wildman–Crippen LogP) is 3.82. The molecule has 0 aliphatic rings. The van der Waals surface area contributed by atoms with E-state index in [9.17, 15) is 18.0 Å². The van der Waals surface area contributed by atoms with Crippen LogP contribution in [0.15, 0.2) is 88.2 Å². The van der Waals surface area contributed by atoms with Crippen molar-refractivity contribution in [3.05, 3.63) is 88.9 Å². The molecule has 0 saturated heterocycles. The van der Waals surface area contributed by atoms with Gasteiger partial charge in [-0.25, -0.2) is 8.42 Å². The molecule has 8 nitrogen and oxygen atoms in total. The second-order valence-corrected chi connectivity index (χ2v) is 10.7. The van der Waals surface area contributed by atoms with Crippen molar-refractivity contribution in [3.63, 3.8) is 0 Å². The zero-order valence-electron chi connectivity index (χ0n) is 20.2. The molecule has 0 heterocycles. The van der Waals surface area contributed by atoms with Crippen molar-refractivity contribution >= 4 is 43.5 Å². The van der Waals surface area contributed by atoms with Gasteiger partial charge in [-0.2, -0.15) is 0 Å². The normalized spacial score (nSPS) is 11.9. The van der Waals surface area contributed by atoms with Gasteiger partial charge in [-0.05, 0) is 55.0 Å². The van der Waals surface area contributed by atoms with Crippen LogP contribution in [0.25, 0.3) is 0 Å². The molecule has 0 spiro atoms. The van der Waals surface area contributed by atoms with Crippen molar-refractivity contribution < 1.29 is 22.7 Å². The Labute approximate surface area is 220 Å². The Balaban J connectivity index is 2.02. The lowest BCUT2D eigenvalue weighted by molar-refractivity contribution is -0.139. The van der Waals surface area contributed by atoms with Gasteiger partial charge in [0.05, 0.1) is 17.7 Å². The highest BCUT2D eigenvalue weighted by molar-refractivity contribution is 9.10. The summed E-state index contributed by atoms with van der Waals surface area (Å²) in [6, 6.07) is 20.9. The maximum absolute atomic E-state index is 13.7. The number of nitrogens with one attached hydrogen (secondary N) is 1. The molecular formula is C26H28BrN3O5S. The zero-order chi connectivity index (χ0) is 26.3. The first-order valence-electron chi connectivity index (χ1n) is 11.1. The summed E-state index contributed by atoms with van der Waals surface area (Å²) in [5.74, 6) is -0.297. The molecule has 36 heavy (non-hydrogen) atoms. The summed E-state index contributed by atoms with van der Waals surface area (Å²) in [5, 5.41) is 2.56. The Kier molecular flexibility index (Phi) is 9.11. The minimum atomic E-state index is -4.09. The number of carbonyl (C=O) groups excluding carboxylic acids is 2. The van der Waals surface area contributed by atoms with Crippen molar-refractivity contribution in [3.8, 4) is 5.75 Å². The highest BCUT2D eigenvalue weighted by atomic mass is 79.9. The number of nitrogens with zero attached hydrogens (tertiary/aromatic N) is 2. The molecule has 0 unspecified atom stereocenters. The van der Waals surface area contributed by atoms with Gasteiger partial charge in [-0.3, -0.25) is 13.9 Å². The number of carbonyl (C=O) groups is 2. The van der Waals surface area contributed by atoms with Crippen LogP contribution in [0, 0.1) is 0 Å². The van der Waals surface area contributed by atoms with Gasteiger partial charge in [0.25, 0.3) is 10.0 Å². The van der Waals surface area contributed by atoms with Crippen LogP contribution in [-0.4, -0.2) is 51.9 Å². The molecule has 1 atom stereocenters. The van der Waals surface area contributed by atoms with Gasteiger partial charge in [-0.15, -0.1) is 0 Å². The van der Waals surface area contributed by atoms with E-state index >= 15 is 0 Å². The highest BCUT2D eigenvalue weighted by Crippen LogP contribution is 2.27. The number of ether oxygens (including phenoxy) is 1. The van der Waals surface area contributed by atoms with Crippen molar-refractivity contribution in [2.24, 2.45) is 0 Å². The summed E-state index contributed by atoms with van der Waals surface area (Å²) in [6.07, 6.45) is 0. The number of halogens is 1. The third-order valence-electron chi connectivity index (χ3n) is 5.61. The molecule has 3 aromatic rings. The summed E-state index contributed by atoms with van der Waals surface area (Å²) in [6.45, 7) is 1.19. The molecule has 0 fully saturated rings. The number of anilines is 1. The van der Waals surface area contributed by atoms with Gasteiger partial charge in [-0.1, -0.05) is 52.3 Å². The van der Waals surface area contributed by atoms with Crippen molar-refractivity contribution in [1.29, 1.82) is 0 Å². The number of hydrogen-bond acceptors (Lipinski definition) is 5. The van der Waals surface area contributed by atoms with Crippen LogP contribution in [0.5, 0.6) is 5.75 Å². The Hall–Kier alpha value is -3.37. The third-order valence-corrected chi connectivity index (χ3v) is 7.89. The topological polar surface area (TPSA) is 96.0 Å². The van der Waals surface area contributed by atoms with E-state index in [1.165, 1.54) is 24.1 Å². The number of amides is 2. The van der Waals surface area contributed by atoms with E-state index in [4.69, 9.17) is 4.74 Å². The lowest BCUT2D eigenvalue weighted by Gasteiger charge is -2.31. The minimum absolute atomic E-state index is 0.0523. The SMILES string of the molecule is CNC(=O)[C@H](C)N(Cc1cccc(OC)c1)C(=O)CN(c1cccc(Br)c1)S(=O)(=O)c1ccccc1. The average Bonchev–Trinajstić information content (AvgIpc) is 2.89. The van der Waals surface area contributed by atoms with Gasteiger partial charge in [0.2, 0.25) is 11.8 Å². The van der Waals surface area contributed by atoms with Gasteiger partial charge in [0, 0.05) is 18.1 Å². The summed E-state index contributed by atoms with van der Waals surface area (Å²) >= 11 is 3.38. The fourth-order valence-corrected chi connectivity index (χ4v) is 5.45. The van der Waals surface area contributed by atoms with Crippen LogP contribution >= 0.6 is 15.9 Å². The number of methoxy groups -OCH3 is 1. The van der Waals surface area contributed by atoms with Crippen molar-refractivity contribution in [2.45, 2.75) is 24.4 Å². The first-order valence-corrected chi connectivity index (χ1v) is 13.4. The van der Waals surface area contributed by atoms with E-state index < -0.39 is 28.5 Å². The molecule has 0 saturated carbocycles. The molecule has 3 rings (SSSR count). The molecule has 0 aliphatic heterocycles. The largest absolute Gasteiger partial charge is 0.497 e. The van der Waals surface area contributed by atoms with Gasteiger partial charge >= 0.3 is 0 Å². The maximum Gasteiger partial charge on any atom is 0.264 e. The van der Waals surface area contributed by atoms with Crippen molar-refractivity contribution in [2.75, 3.05) is 25.0 Å². The van der Waals surface area contributed by atoms with E-state index in [2.05, 4.69) is 21.2 Å². The molecule has 3 aromatic carbocycles. The molecule has 0 aromatic heterocycles. The molecular weight excluding hydrogens is 546 g/mol. The summed E-state index contributed by atoms with van der Waals surface area (Å²) in [5.41, 5.74) is 1.05. The minimum Gasteiger partial charge on any atom is -0.497 e. The molecule has 1 N–H and O–H groups in total. The van der Waals surface area contributed by atoms with Gasteiger partial charge in [0.15, 0.2) is 0 Å². The van der Waals surface area contributed by atoms with E-state index in [1.54, 1.807) is 74.7 Å². The molecule has 0 bridgehead atoms. The quantitative estimate of drug-likeness (QED) is 0.398. The second-order valence-electron chi connectivity index (χ2n) is 7.97. The second kappa shape index (κ2) is 12.0. The molecule has 0 aliphatic carbocycles. The fourth-order valence-electron chi connectivity index (χ4n) is 3.64. The Morgan fingerprint density at radius 3 is 2.33 bits per heavy atom. The molecule has 10 heteroatoms. The third kappa shape index (κ3) is 6.44. The van der Waals surface area contributed by atoms with E-state index in [-0.39, 0.29) is 17.3 Å². The van der Waals surface area contributed by atoms with Crippen molar-refractivity contribution in [1.82, 2.24) is 10.2 Å². The smallest absolute Gasteiger partial charge is 0.264 e. The molecule has 190 valence electrons. The van der Waals surface area contributed by atoms with Crippen LogP contribution in [0.1, 0.15) is 12.5 Å². The number of likely N-dealkylation sites (N-methyl/N-ethyl adjacent to an activating group) is 1. The highest BCUT2D eigenvalue weighted by Gasteiger charge is 2.32. The zero-order valence-corrected chi connectivity index (χ0v) is 22.6. The maximum atomic E-state index is 13.7. The fraction of sp³-hybridized carbons (Fsp3) is 0.231. The molecule has 2 amide bonds. The monoisotopic (exact) mass is 573 g/mol. The van der Waals surface area contributed by atoms with Crippen LogP contribution < -0.4 is 14.4 Å². The standard InChI is InChI=1S/C26H28BrN3O5S/c1-19(26(32)28-2)29(17-20-9-7-12-23(15-20)35-3)25(31)18-30(22-11-8-10-21(27)16-22)36(33,34)24-13-5-4-6-14-24/h4-16,19H,17-18H2,1-3H3,(H,28,32)/t19-/m0/s1. The lowest BCUT2D eigenvalue weighted by atomic mass is 10.1. The average molecular weight is 574 g/mol. The number of benzene rings is 3. The number of rotatable bonds is 10. The Morgan fingerprint density at radius 2 is 1.69 bits per heavy atom. The Bertz CT molecular complexity index is 1320. The first-order chi connectivity index (χ1) is 17.2. The van der Waals surface area contributed by atoms with E-state index in [1.807, 2.05) is 6.07 Å². The summed E-state index contributed by atoms with van der Waals surface area (Å²) in [7, 11) is -1.06.